The van der Waals surface area contributed by atoms with E-state index in [1.807, 2.05) is 61.5 Å². The van der Waals surface area contributed by atoms with Crippen LogP contribution in [0.2, 0.25) is 0 Å². The third kappa shape index (κ3) is 11.6. The van der Waals surface area contributed by atoms with Crippen LogP contribution < -0.4 is 16.0 Å². The number of alkyl halides is 1. The third-order valence-corrected chi connectivity index (χ3v) is 10.6. The second-order valence-electron chi connectivity index (χ2n) is 14.5. The number of carbonyl (C=O) groups is 6. The Labute approximate surface area is 331 Å². The maximum absolute atomic E-state index is 14.5. The molecule has 0 bridgehead atoms. The van der Waals surface area contributed by atoms with Gasteiger partial charge in [0.15, 0.2) is 5.78 Å². The maximum atomic E-state index is 14.5. The second kappa shape index (κ2) is 20.0. The topological polar surface area (TPSA) is 162 Å². The second-order valence-corrected chi connectivity index (χ2v) is 14.8. The summed E-state index contributed by atoms with van der Waals surface area (Å²) in [5.41, 5.74) is 5.53. The number of allylic oxidation sites excluding steroid dienone is 1. The van der Waals surface area contributed by atoms with Gasteiger partial charge in [0.2, 0.25) is 23.6 Å². The highest BCUT2D eigenvalue weighted by Gasteiger charge is 2.38. The van der Waals surface area contributed by atoms with Crippen LogP contribution in [0.4, 0.5) is 4.39 Å². The molecule has 4 amide bonds. The lowest BCUT2D eigenvalue weighted by Crippen LogP contribution is -2.59. The summed E-state index contributed by atoms with van der Waals surface area (Å²) in [5, 5.41) is 17.7. The SMILES string of the molecule is Cc1ccc(CNC(=O)[C@@H](CC(=O)[C@H](CC2=CCc3ccccc32)NC(=O)[C@@H]2CCCCN2C(=O)[C@H](CCC(=O)O)NC(=O)CCl)Cc2ccc(F)cc2)cc1. The fourth-order valence-corrected chi connectivity index (χ4v) is 7.37. The Hall–Kier alpha value is -5.36. The van der Waals surface area contributed by atoms with Crippen molar-refractivity contribution in [1.29, 1.82) is 0 Å². The molecule has 1 saturated heterocycles. The van der Waals surface area contributed by atoms with Crippen LogP contribution in [0.3, 0.4) is 0 Å². The summed E-state index contributed by atoms with van der Waals surface area (Å²) >= 11 is 5.68. The first-order valence-corrected chi connectivity index (χ1v) is 19.5. The first kappa shape index (κ1) is 41.8. The number of nitrogens with zero attached hydrogens (tertiary/aromatic N) is 1. The van der Waals surface area contributed by atoms with Crippen LogP contribution in [0.1, 0.15) is 72.8 Å². The molecule has 5 rings (SSSR count). The van der Waals surface area contributed by atoms with E-state index in [0.717, 1.165) is 27.8 Å². The number of aliphatic carboxylic acids is 1. The number of halogens is 2. The number of piperidine rings is 1. The van der Waals surface area contributed by atoms with Gasteiger partial charge < -0.3 is 26.0 Å². The van der Waals surface area contributed by atoms with Gasteiger partial charge in [-0.3, -0.25) is 28.8 Å². The number of likely N-dealkylation sites (tertiary alicyclic amines) is 1. The summed E-state index contributed by atoms with van der Waals surface area (Å²) in [7, 11) is 0. The lowest BCUT2D eigenvalue weighted by molar-refractivity contribution is -0.146. The monoisotopic (exact) mass is 786 g/mol. The molecule has 0 saturated carbocycles. The largest absolute Gasteiger partial charge is 0.481 e. The van der Waals surface area contributed by atoms with Gasteiger partial charge in [-0.2, -0.15) is 0 Å². The normalized spacial score (nSPS) is 16.4. The van der Waals surface area contributed by atoms with Crippen molar-refractivity contribution < 1.29 is 38.3 Å². The van der Waals surface area contributed by atoms with Crippen LogP contribution in [0.5, 0.6) is 0 Å². The molecule has 0 aromatic heterocycles. The van der Waals surface area contributed by atoms with E-state index >= 15 is 0 Å². The lowest BCUT2D eigenvalue weighted by atomic mass is 9.88. The Morgan fingerprint density at radius 1 is 0.893 bits per heavy atom. The van der Waals surface area contributed by atoms with Crippen molar-refractivity contribution in [1.82, 2.24) is 20.9 Å². The molecule has 1 aliphatic heterocycles. The number of aryl methyl sites for hydroxylation is 1. The molecule has 1 heterocycles. The molecule has 56 heavy (non-hydrogen) atoms. The van der Waals surface area contributed by atoms with Crippen molar-refractivity contribution in [2.45, 2.75) is 89.4 Å². The molecule has 3 aromatic carbocycles. The number of carboxylic acids is 1. The molecule has 1 aliphatic carbocycles. The highest BCUT2D eigenvalue weighted by molar-refractivity contribution is 6.27. The van der Waals surface area contributed by atoms with Gasteiger partial charge in [-0.05, 0) is 85.4 Å². The zero-order chi connectivity index (χ0) is 40.2. The molecule has 4 atom stereocenters. The van der Waals surface area contributed by atoms with E-state index in [1.54, 1.807) is 12.1 Å². The average Bonchev–Trinajstić information content (AvgIpc) is 3.61. The van der Waals surface area contributed by atoms with Crippen LogP contribution >= 0.6 is 11.6 Å². The predicted molar refractivity (Wildman–Crippen MR) is 210 cm³/mol. The fraction of sp³-hybridized carbons (Fsp3) is 0.395. The molecule has 13 heteroatoms. The number of Topliss-reactive ketones (excluding diaryl/α,β-unsaturated/α-hetero) is 1. The number of amides is 4. The van der Waals surface area contributed by atoms with E-state index in [2.05, 4.69) is 16.0 Å². The van der Waals surface area contributed by atoms with E-state index in [0.29, 0.717) is 24.8 Å². The molecular weight excluding hydrogens is 739 g/mol. The van der Waals surface area contributed by atoms with Gasteiger partial charge in [0.1, 0.15) is 23.8 Å². The zero-order valence-electron chi connectivity index (χ0n) is 31.4. The molecule has 0 radical (unpaired) electrons. The van der Waals surface area contributed by atoms with Crippen molar-refractivity contribution in [2.24, 2.45) is 5.92 Å². The Morgan fingerprint density at radius 3 is 2.32 bits per heavy atom. The molecule has 4 N–H and O–H groups in total. The van der Waals surface area contributed by atoms with Gasteiger partial charge in [-0.1, -0.05) is 72.3 Å². The number of rotatable bonds is 18. The lowest BCUT2D eigenvalue weighted by Gasteiger charge is -2.37. The van der Waals surface area contributed by atoms with Crippen molar-refractivity contribution >= 4 is 52.6 Å². The van der Waals surface area contributed by atoms with Crippen molar-refractivity contribution in [3.8, 4) is 0 Å². The number of hydrogen-bond donors (Lipinski definition) is 4. The maximum Gasteiger partial charge on any atom is 0.303 e. The summed E-state index contributed by atoms with van der Waals surface area (Å²) in [6.07, 6.45) is 3.63. The van der Waals surface area contributed by atoms with Gasteiger partial charge in [0.25, 0.3) is 0 Å². The van der Waals surface area contributed by atoms with Crippen LogP contribution in [0.15, 0.2) is 78.9 Å². The standard InChI is InChI=1S/C43H48ClFN4O7/c1-27-9-11-29(12-10-27)26-46-41(54)32(22-28-13-17-33(45)18-14-28)24-38(50)36(23-31-16-15-30-6-2-3-7-34(30)31)48-42(55)37-8-4-5-21-49(37)43(56)35(19-20-40(52)53)47-39(51)25-44/h2-3,6-7,9-14,16-18,32,35-37H,4-5,8,15,19-26H2,1H3,(H,46,54)(H,47,51)(H,48,55)(H,52,53)/t32-,35+,36+,37+/m1/s1. The number of carbonyl (C=O) groups excluding carboxylic acids is 5. The molecular formula is C43H48ClFN4O7. The number of benzene rings is 3. The van der Waals surface area contributed by atoms with Crippen LogP contribution in [0, 0.1) is 18.7 Å². The van der Waals surface area contributed by atoms with Gasteiger partial charge >= 0.3 is 5.97 Å². The first-order valence-electron chi connectivity index (χ1n) is 19.0. The van der Waals surface area contributed by atoms with Crippen molar-refractivity contribution in [2.75, 3.05) is 12.4 Å². The Balaban J connectivity index is 1.39. The molecule has 3 aromatic rings. The van der Waals surface area contributed by atoms with E-state index in [1.165, 1.54) is 17.0 Å². The van der Waals surface area contributed by atoms with Gasteiger partial charge in [-0.25, -0.2) is 4.39 Å². The summed E-state index contributed by atoms with van der Waals surface area (Å²) < 4.78 is 13.8. The highest BCUT2D eigenvalue weighted by Crippen LogP contribution is 2.31. The summed E-state index contributed by atoms with van der Waals surface area (Å²) in [4.78, 5) is 81.3. The molecule has 296 valence electrons. The molecule has 0 unspecified atom stereocenters. The molecule has 11 nitrogen and oxygen atoms in total. The fourth-order valence-electron chi connectivity index (χ4n) is 7.29. The minimum Gasteiger partial charge on any atom is -0.481 e. The Bertz CT molecular complexity index is 1930. The number of hydrogen-bond acceptors (Lipinski definition) is 6. The van der Waals surface area contributed by atoms with Crippen molar-refractivity contribution in [3.05, 3.63) is 113 Å². The average molecular weight is 787 g/mol. The predicted octanol–water partition coefficient (Wildman–Crippen LogP) is 5.05. The van der Waals surface area contributed by atoms with Gasteiger partial charge in [0.05, 0.1) is 6.04 Å². The quantitative estimate of drug-likeness (QED) is 0.131. The van der Waals surface area contributed by atoms with Gasteiger partial charge in [-0.15, -0.1) is 11.6 Å². The van der Waals surface area contributed by atoms with E-state index < -0.39 is 65.9 Å². The van der Waals surface area contributed by atoms with Crippen LogP contribution in [0.25, 0.3) is 5.57 Å². The van der Waals surface area contributed by atoms with E-state index in [9.17, 15) is 38.3 Å². The molecule has 2 aliphatic rings. The van der Waals surface area contributed by atoms with Crippen LogP contribution in [-0.4, -0.2) is 75.9 Å². The number of fused-ring (bicyclic) bond motifs is 1. The first-order chi connectivity index (χ1) is 26.9. The van der Waals surface area contributed by atoms with Gasteiger partial charge in [0, 0.05) is 38.3 Å². The minimum atomic E-state index is -1.21. The summed E-state index contributed by atoms with van der Waals surface area (Å²) in [6.45, 7) is 2.39. The third-order valence-electron chi connectivity index (χ3n) is 10.4. The molecule has 0 spiro atoms. The summed E-state index contributed by atoms with van der Waals surface area (Å²) in [6, 6.07) is 18.0. The highest BCUT2D eigenvalue weighted by atomic mass is 35.5. The molecule has 1 fully saturated rings. The van der Waals surface area contributed by atoms with E-state index in [4.69, 9.17) is 11.6 Å². The minimum absolute atomic E-state index is 0.142. The number of ketones is 1. The Morgan fingerprint density at radius 2 is 1.61 bits per heavy atom. The Kier molecular flexibility index (Phi) is 14.9. The number of carboxylic acid groups (broad SMARTS) is 1. The van der Waals surface area contributed by atoms with E-state index in [-0.39, 0.29) is 56.9 Å². The van der Waals surface area contributed by atoms with Crippen molar-refractivity contribution in [3.63, 3.8) is 0 Å². The number of nitrogens with one attached hydrogen (secondary N) is 3. The summed E-state index contributed by atoms with van der Waals surface area (Å²) in [5.74, 6) is -5.44. The smallest absolute Gasteiger partial charge is 0.303 e. The van der Waals surface area contributed by atoms with Crippen LogP contribution in [-0.2, 0) is 48.2 Å². The zero-order valence-corrected chi connectivity index (χ0v) is 32.2.